The highest BCUT2D eigenvalue weighted by Crippen LogP contribution is 2.22. The van der Waals surface area contributed by atoms with Crippen LogP contribution in [0.15, 0.2) is 12.4 Å². The summed E-state index contributed by atoms with van der Waals surface area (Å²) in [5, 5.41) is 0.265. The SMILES string of the molecule is CC(C)(F)c1cc(Cl)ncn1.CCC. The summed E-state index contributed by atoms with van der Waals surface area (Å²) in [6, 6.07) is 1.42. The fraction of sp³-hybridized carbons (Fsp3) is 0.600. The molecule has 4 heteroatoms. The van der Waals surface area contributed by atoms with E-state index in [1.54, 1.807) is 0 Å². The standard InChI is InChI=1S/C7H8ClFN2.C3H8/c1-7(2,9)5-3-6(8)11-4-10-5;1-3-2/h3-4H,1-2H3;3H2,1-2H3. The number of rotatable bonds is 1. The van der Waals surface area contributed by atoms with E-state index in [1.807, 2.05) is 0 Å². The third-order valence-corrected chi connectivity index (χ3v) is 1.45. The Kier molecular flexibility index (Phi) is 5.62. The predicted molar refractivity (Wildman–Crippen MR) is 57.1 cm³/mol. The summed E-state index contributed by atoms with van der Waals surface area (Å²) in [6.07, 6.45) is 2.50. The summed E-state index contributed by atoms with van der Waals surface area (Å²) in [7, 11) is 0. The molecule has 0 aliphatic carbocycles. The van der Waals surface area contributed by atoms with Gasteiger partial charge in [0.25, 0.3) is 0 Å². The van der Waals surface area contributed by atoms with Crippen LogP contribution in [0.2, 0.25) is 5.15 Å². The van der Waals surface area contributed by atoms with Crippen molar-refractivity contribution in [3.8, 4) is 0 Å². The summed E-state index contributed by atoms with van der Waals surface area (Å²) < 4.78 is 13.2. The van der Waals surface area contributed by atoms with Crippen molar-refractivity contribution in [2.45, 2.75) is 39.8 Å². The monoisotopic (exact) mass is 218 g/mol. The van der Waals surface area contributed by atoms with Gasteiger partial charge in [0.1, 0.15) is 17.1 Å². The summed E-state index contributed by atoms with van der Waals surface area (Å²) in [6.45, 7) is 7.09. The molecular weight excluding hydrogens is 203 g/mol. The molecular formula is C10H16ClFN2. The van der Waals surface area contributed by atoms with Crippen LogP contribution < -0.4 is 0 Å². The molecule has 0 aliphatic rings. The fourth-order valence-electron chi connectivity index (χ4n) is 0.659. The normalized spacial score (nSPS) is 10.4. The topological polar surface area (TPSA) is 25.8 Å². The van der Waals surface area contributed by atoms with Gasteiger partial charge in [0.2, 0.25) is 0 Å². The van der Waals surface area contributed by atoms with Crippen LogP contribution in [0.5, 0.6) is 0 Å². The Morgan fingerprint density at radius 3 is 2.14 bits per heavy atom. The molecule has 0 bridgehead atoms. The number of nitrogens with zero attached hydrogens (tertiary/aromatic N) is 2. The van der Waals surface area contributed by atoms with Gasteiger partial charge in [-0.05, 0) is 13.8 Å². The highest BCUT2D eigenvalue weighted by Gasteiger charge is 2.20. The molecule has 0 spiro atoms. The molecule has 0 atom stereocenters. The lowest BCUT2D eigenvalue weighted by molar-refractivity contribution is 0.214. The molecule has 0 N–H and O–H groups in total. The molecule has 0 aliphatic heterocycles. The molecule has 1 aromatic rings. The Morgan fingerprint density at radius 2 is 1.86 bits per heavy atom. The lowest BCUT2D eigenvalue weighted by atomic mass is 10.1. The van der Waals surface area contributed by atoms with Gasteiger partial charge in [0.05, 0.1) is 5.69 Å². The first-order valence-electron chi connectivity index (χ1n) is 4.58. The van der Waals surface area contributed by atoms with E-state index in [2.05, 4.69) is 23.8 Å². The second-order valence-electron chi connectivity index (χ2n) is 3.41. The van der Waals surface area contributed by atoms with Gasteiger partial charge in [-0.25, -0.2) is 14.4 Å². The fourth-order valence-corrected chi connectivity index (χ4v) is 0.806. The molecule has 0 aromatic carbocycles. The van der Waals surface area contributed by atoms with Gasteiger partial charge in [-0.2, -0.15) is 0 Å². The second-order valence-corrected chi connectivity index (χ2v) is 3.79. The smallest absolute Gasteiger partial charge is 0.147 e. The zero-order valence-corrected chi connectivity index (χ0v) is 9.77. The molecule has 0 saturated heterocycles. The first kappa shape index (κ1) is 13.3. The van der Waals surface area contributed by atoms with Crippen LogP contribution in [0.1, 0.15) is 39.8 Å². The van der Waals surface area contributed by atoms with E-state index in [1.165, 1.54) is 32.7 Å². The third-order valence-electron chi connectivity index (χ3n) is 1.24. The molecule has 0 radical (unpaired) electrons. The maximum atomic E-state index is 13.2. The summed E-state index contributed by atoms with van der Waals surface area (Å²) in [4.78, 5) is 7.38. The zero-order valence-electron chi connectivity index (χ0n) is 9.01. The van der Waals surface area contributed by atoms with Gasteiger partial charge in [-0.15, -0.1) is 0 Å². The summed E-state index contributed by atoms with van der Waals surface area (Å²) in [5.74, 6) is 0. The largest absolute Gasteiger partial charge is 0.238 e. The predicted octanol–water partition coefficient (Wildman–Crippen LogP) is 3.75. The van der Waals surface area contributed by atoms with E-state index in [4.69, 9.17) is 11.6 Å². The van der Waals surface area contributed by atoms with Gasteiger partial charge in [0, 0.05) is 6.07 Å². The van der Waals surface area contributed by atoms with Crippen LogP contribution in [0, 0.1) is 0 Å². The molecule has 1 rings (SSSR count). The molecule has 14 heavy (non-hydrogen) atoms. The lowest BCUT2D eigenvalue weighted by Gasteiger charge is -2.12. The van der Waals surface area contributed by atoms with Crippen LogP contribution in [-0.4, -0.2) is 9.97 Å². The highest BCUT2D eigenvalue weighted by molar-refractivity contribution is 6.29. The molecule has 0 fully saturated rings. The van der Waals surface area contributed by atoms with E-state index in [-0.39, 0.29) is 5.15 Å². The van der Waals surface area contributed by atoms with Crippen molar-refractivity contribution in [3.05, 3.63) is 23.2 Å². The number of halogens is 2. The van der Waals surface area contributed by atoms with E-state index in [0.717, 1.165) is 0 Å². The molecule has 1 heterocycles. The van der Waals surface area contributed by atoms with Crippen molar-refractivity contribution >= 4 is 11.6 Å². The summed E-state index contributed by atoms with van der Waals surface area (Å²) in [5.41, 5.74) is -1.15. The quantitative estimate of drug-likeness (QED) is 0.671. The van der Waals surface area contributed by atoms with Gasteiger partial charge in [0.15, 0.2) is 0 Å². The highest BCUT2D eigenvalue weighted by atomic mass is 35.5. The maximum Gasteiger partial charge on any atom is 0.147 e. The zero-order chi connectivity index (χ0) is 11.2. The Hall–Kier alpha value is -0.700. The van der Waals surface area contributed by atoms with Crippen LogP contribution in [0.3, 0.4) is 0 Å². The third kappa shape index (κ3) is 5.12. The van der Waals surface area contributed by atoms with Crippen molar-refractivity contribution in [2.75, 3.05) is 0 Å². The average molecular weight is 219 g/mol. The van der Waals surface area contributed by atoms with Crippen molar-refractivity contribution < 1.29 is 4.39 Å². The number of hydrogen-bond donors (Lipinski definition) is 0. The Balaban J connectivity index is 0.000000500. The van der Waals surface area contributed by atoms with Gasteiger partial charge < -0.3 is 0 Å². The average Bonchev–Trinajstić information content (AvgIpc) is 2.04. The second kappa shape index (κ2) is 5.91. The Morgan fingerprint density at radius 1 is 1.36 bits per heavy atom. The lowest BCUT2D eigenvalue weighted by Crippen LogP contribution is -2.11. The minimum atomic E-state index is -1.45. The Bertz CT molecular complexity index is 271. The van der Waals surface area contributed by atoms with Crippen LogP contribution in [0.25, 0.3) is 0 Å². The van der Waals surface area contributed by atoms with Crippen molar-refractivity contribution in [3.63, 3.8) is 0 Å². The first-order chi connectivity index (χ1) is 6.41. The van der Waals surface area contributed by atoms with Gasteiger partial charge in [-0.1, -0.05) is 31.9 Å². The number of aromatic nitrogens is 2. The van der Waals surface area contributed by atoms with Crippen molar-refractivity contribution in [1.29, 1.82) is 0 Å². The van der Waals surface area contributed by atoms with Crippen molar-refractivity contribution in [2.24, 2.45) is 0 Å². The van der Waals surface area contributed by atoms with Crippen LogP contribution in [0.4, 0.5) is 4.39 Å². The van der Waals surface area contributed by atoms with Crippen molar-refractivity contribution in [1.82, 2.24) is 9.97 Å². The number of hydrogen-bond acceptors (Lipinski definition) is 2. The molecule has 1 aromatic heterocycles. The molecule has 80 valence electrons. The minimum absolute atomic E-state index is 0.265. The van der Waals surface area contributed by atoms with Gasteiger partial charge >= 0.3 is 0 Å². The van der Waals surface area contributed by atoms with E-state index in [9.17, 15) is 4.39 Å². The van der Waals surface area contributed by atoms with E-state index < -0.39 is 5.67 Å². The first-order valence-corrected chi connectivity index (χ1v) is 4.96. The molecule has 0 saturated carbocycles. The van der Waals surface area contributed by atoms with Gasteiger partial charge in [-0.3, -0.25) is 0 Å². The molecule has 0 amide bonds. The molecule has 2 nitrogen and oxygen atoms in total. The summed E-state index contributed by atoms with van der Waals surface area (Å²) >= 11 is 5.53. The number of alkyl halides is 1. The van der Waals surface area contributed by atoms with E-state index >= 15 is 0 Å². The van der Waals surface area contributed by atoms with E-state index in [0.29, 0.717) is 5.69 Å². The van der Waals surface area contributed by atoms with Crippen LogP contribution >= 0.6 is 11.6 Å². The molecule has 0 unspecified atom stereocenters. The maximum absolute atomic E-state index is 13.2. The minimum Gasteiger partial charge on any atom is -0.238 e. The van der Waals surface area contributed by atoms with Crippen LogP contribution in [-0.2, 0) is 5.67 Å². The Labute approximate surface area is 89.5 Å².